The molecule has 0 unspecified atom stereocenters. The van der Waals surface area contributed by atoms with Crippen LogP contribution in [-0.4, -0.2) is 58.6 Å². The second-order valence-corrected chi connectivity index (χ2v) is 7.97. The zero-order valence-corrected chi connectivity index (χ0v) is 16.1. The van der Waals surface area contributed by atoms with Gasteiger partial charge in [0.2, 0.25) is 5.91 Å². The van der Waals surface area contributed by atoms with Crippen molar-refractivity contribution in [1.82, 2.24) is 14.8 Å². The number of ether oxygens (including phenoxy) is 1. The molecular formula is C19H24ClN3O3. The number of nitrogens with one attached hydrogen (secondary N) is 1. The van der Waals surface area contributed by atoms with E-state index in [-0.39, 0.29) is 12.0 Å². The number of benzene rings is 1. The van der Waals surface area contributed by atoms with Gasteiger partial charge >= 0.3 is 6.09 Å². The molecule has 140 valence electrons. The standard InChI is InChI=1S/C19H24ClN3O3/c1-19(2,3)26-18(25)23-8-6-22(7-9-23)17(24)10-13-12-21-16-5-4-14(20)11-15(13)16/h4-5,11-12,21H,6-10H2,1-3H3. The number of hydrogen-bond acceptors (Lipinski definition) is 3. The summed E-state index contributed by atoms with van der Waals surface area (Å²) < 4.78 is 5.38. The van der Waals surface area contributed by atoms with Gasteiger partial charge in [-0.25, -0.2) is 4.79 Å². The SMILES string of the molecule is CC(C)(C)OC(=O)N1CCN(C(=O)Cc2c[nH]c3ccc(Cl)cc23)CC1. The molecule has 6 nitrogen and oxygen atoms in total. The summed E-state index contributed by atoms with van der Waals surface area (Å²) in [5.74, 6) is 0.0507. The summed E-state index contributed by atoms with van der Waals surface area (Å²) in [5, 5.41) is 1.62. The highest BCUT2D eigenvalue weighted by atomic mass is 35.5. The third-order valence-corrected chi connectivity index (χ3v) is 4.59. The summed E-state index contributed by atoms with van der Waals surface area (Å²) in [6.07, 6.45) is 1.85. The first-order valence-electron chi connectivity index (χ1n) is 8.74. The molecule has 0 bridgehead atoms. The van der Waals surface area contributed by atoms with E-state index < -0.39 is 5.60 Å². The van der Waals surface area contributed by atoms with Gasteiger partial charge in [-0.1, -0.05) is 11.6 Å². The van der Waals surface area contributed by atoms with E-state index in [2.05, 4.69) is 4.98 Å². The van der Waals surface area contributed by atoms with Gasteiger partial charge in [0.25, 0.3) is 0 Å². The van der Waals surface area contributed by atoms with Gasteiger partial charge in [-0.15, -0.1) is 0 Å². The molecule has 2 heterocycles. The van der Waals surface area contributed by atoms with Crippen molar-refractivity contribution >= 4 is 34.5 Å². The summed E-state index contributed by atoms with van der Waals surface area (Å²) in [6.45, 7) is 7.54. The first-order chi connectivity index (χ1) is 12.2. The van der Waals surface area contributed by atoms with Crippen LogP contribution in [0.4, 0.5) is 4.79 Å². The number of amides is 2. The Kier molecular flexibility index (Phi) is 5.14. The minimum atomic E-state index is -0.513. The van der Waals surface area contributed by atoms with Crippen LogP contribution in [0.15, 0.2) is 24.4 Å². The Labute approximate surface area is 158 Å². The van der Waals surface area contributed by atoms with Crippen LogP contribution in [0.5, 0.6) is 0 Å². The number of fused-ring (bicyclic) bond motifs is 1. The topological polar surface area (TPSA) is 65.6 Å². The Morgan fingerprint density at radius 3 is 2.46 bits per heavy atom. The fourth-order valence-electron chi connectivity index (χ4n) is 3.04. The van der Waals surface area contributed by atoms with Crippen LogP contribution in [0.1, 0.15) is 26.3 Å². The van der Waals surface area contributed by atoms with Crippen LogP contribution in [-0.2, 0) is 16.0 Å². The second kappa shape index (κ2) is 7.19. The normalized spacial score (nSPS) is 15.4. The lowest BCUT2D eigenvalue weighted by Crippen LogP contribution is -2.51. The number of H-pyrrole nitrogens is 1. The molecule has 0 aliphatic carbocycles. The van der Waals surface area contributed by atoms with Gasteiger partial charge in [0.1, 0.15) is 5.60 Å². The highest BCUT2D eigenvalue weighted by molar-refractivity contribution is 6.31. The van der Waals surface area contributed by atoms with E-state index in [1.165, 1.54) is 0 Å². The van der Waals surface area contributed by atoms with E-state index >= 15 is 0 Å². The van der Waals surface area contributed by atoms with Crippen molar-refractivity contribution in [2.75, 3.05) is 26.2 Å². The number of hydrogen-bond donors (Lipinski definition) is 1. The first-order valence-corrected chi connectivity index (χ1v) is 9.12. The third-order valence-electron chi connectivity index (χ3n) is 4.36. The van der Waals surface area contributed by atoms with Crippen LogP contribution in [0.3, 0.4) is 0 Å². The predicted molar refractivity (Wildman–Crippen MR) is 101 cm³/mol. The number of aromatic nitrogens is 1. The van der Waals surface area contributed by atoms with Crippen LogP contribution in [0.2, 0.25) is 5.02 Å². The molecule has 3 rings (SSSR count). The third kappa shape index (κ3) is 4.30. The number of rotatable bonds is 2. The maximum absolute atomic E-state index is 12.6. The summed E-state index contributed by atoms with van der Waals surface area (Å²) in [7, 11) is 0. The molecule has 26 heavy (non-hydrogen) atoms. The number of nitrogens with zero attached hydrogens (tertiary/aromatic N) is 2. The Balaban J connectivity index is 1.58. The number of carbonyl (C=O) groups excluding carboxylic acids is 2. The number of aromatic amines is 1. The van der Waals surface area contributed by atoms with Gasteiger partial charge in [0, 0.05) is 48.3 Å². The molecule has 1 aromatic heterocycles. The quantitative estimate of drug-likeness (QED) is 0.871. The summed E-state index contributed by atoms with van der Waals surface area (Å²) >= 11 is 6.07. The van der Waals surface area contributed by atoms with Gasteiger partial charge in [-0.2, -0.15) is 0 Å². The van der Waals surface area contributed by atoms with E-state index in [9.17, 15) is 9.59 Å². The molecule has 1 N–H and O–H groups in total. The lowest BCUT2D eigenvalue weighted by Gasteiger charge is -2.35. The monoisotopic (exact) mass is 377 g/mol. The van der Waals surface area contributed by atoms with Gasteiger partial charge in [-0.05, 0) is 44.5 Å². The zero-order valence-electron chi connectivity index (χ0n) is 15.3. The Bertz CT molecular complexity index is 817. The molecule has 1 aliphatic rings. The molecule has 0 saturated carbocycles. The second-order valence-electron chi connectivity index (χ2n) is 7.53. The van der Waals surface area contributed by atoms with Crippen LogP contribution in [0.25, 0.3) is 10.9 Å². The van der Waals surface area contributed by atoms with Gasteiger partial charge in [0.15, 0.2) is 0 Å². The zero-order chi connectivity index (χ0) is 18.9. The van der Waals surface area contributed by atoms with Crippen molar-refractivity contribution in [2.45, 2.75) is 32.8 Å². The molecule has 1 saturated heterocycles. The van der Waals surface area contributed by atoms with Crippen molar-refractivity contribution in [3.63, 3.8) is 0 Å². The van der Waals surface area contributed by atoms with Crippen molar-refractivity contribution in [1.29, 1.82) is 0 Å². The molecule has 0 spiro atoms. The van der Waals surface area contributed by atoms with Crippen LogP contribution in [0, 0.1) is 0 Å². The van der Waals surface area contributed by atoms with Gasteiger partial charge in [0.05, 0.1) is 6.42 Å². The highest BCUT2D eigenvalue weighted by Gasteiger charge is 2.27. The molecule has 1 fully saturated rings. The minimum absolute atomic E-state index is 0.0507. The minimum Gasteiger partial charge on any atom is -0.444 e. The molecule has 2 aromatic rings. The van der Waals surface area contributed by atoms with Crippen LogP contribution >= 0.6 is 11.6 Å². The molecule has 2 amide bonds. The number of carbonyl (C=O) groups is 2. The largest absolute Gasteiger partial charge is 0.444 e. The fourth-order valence-corrected chi connectivity index (χ4v) is 3.21. The average Bonchev–Trinajstić information content (AvgIpc) is 2.95. The van der Waals surface area contributed by atoms with E-state index in [1.807, 2.05) is 45.2 Å². The fraction of sp³-hybridized carbons (Fsp3) is 0.474. The number of piperazine rings is 1. The smallest absolute Gasteiger partial charge is 0.410 e. The van der Waals surface area contributed by atoms with Crippen molar-refractivity contribution in [3.8, 4) is 0 Å². The van der Waals surface area contributed by atoms with Crippen molar-refractivity contribution < 1.29 is 14.3 Å². The van der Waals surface area contributed by atoms with Gasteiger partial charge < -0.3 is 19.5 Å². The first kappa shape index (κ1) is 18.6. The Hall–Kier alpha value is -2.21. The lowest BCUT2D eigenvalue weighted by atomic mass is 10.1. The molecule has 0 atom stereocenters. The summed E-state index contributed by atoms with van der Waals surface area (Å²) in [4.78, 5) is 31.4. The maximum Gasteiger partial charge on any atom is 0.410 e. The molecule has 7 heteroatoms. The predicted octanol–water partition coefficient (Wildman–Crippen LogP) is 3.44. The highest BCUT2D eigenvalue weighted by Crippen LogP contribution is 2.23. The van der Waals surface area contributed by atoms with E-state index in [0.29, 0.717) is 37.6 Å². The van der Waals surface area contributed by atoms with Gasteiger partial charge in [-0.3, -0.25) is 4.79 Å². The summed E-state index contributed by atoms with van der Waals surface area (Å²) in [6, 6.07) is 5.60. The van der Waals surface area contributed by atoms with Crippen molar-refractivity contribution in [2.24, 2.45) is 0 Å². The Morgan fingerprint density at radius 1 is 1.15 bits per heavy atom. The van der Waals surface area contributed by atoms with E-state index in [0.717, 1.165) is 16.5 Å². The maximum atomic E-state index is 12.6. The van der Waals surface area contributed by atoms with E-state index in [1.54, 1.807) is 9.80 Å². The average molecular weight is 378 g/mol. The van der Waals surface area contributed by atoms with Crippen LogP contribution < -0.4 is 0 Å². The lowest BCUT2D eigenvalue weighted by molar-refractivity contribution is -0.132. The van der Waals surface area contributed by atoms with Crippen molar-refractivity contribution in [3.05, 3.63) is 35.0 Å². The molecule has 1 aromatic carbocycles. The molecular weight excluding hydrogens is 354 g/mol. The number of halogens is 1. The molecule has 0 radical (unpaired) electrons. The molecule has 1 aliphatic heterocycles. The summed E-state index contributed by atoms with van der Waals surface area (Å²) in [5.41, 5.74) is 1.38. The van der Waals surface area contributed by atoms with E-state index in [4.69, 9.17) is 16.3 Å². The Morgan fingerprint density at radius 2 is 1.81 bits per heavy atom.